The van der Waals surface area contributed by atoms with Gasteiger partial charge in [-0.05, 0) is 25.7 Å². The summed E-state index contributed by atoms with van der Waals surface area (Å²) >= 11 is 0. The molecule has 7 heteroatoms. The van der Waals surface area contributed by atoms with E-state index in [9.17, 15) is 14.7 Å². The van der Waals surface area contributed by atoms with E-state index in [1.54, 1.807) is 0 Å². The Bertz CT molecular complexity index is 488. The number of hydrogen-bond donors (Lipinski definition) is 2. The number of allylic oxidation sites excluding steroid dienone is 1. The van der Waals surface area contributed by atoms with E-state index in [-0.39, 0.29) is 18.4 Å². The number of carboxylic acid groups (broad SMARTS) is 1. The van der Waals surface area contributed by atoms with E-state index in [1.165, 1.54) is 17.3 Å². The molecule has 1 saturated carbocycles. The molecule has 1 amide bonds. The third kappa shape index (κ3) is 3.66. The molecule has 0 radical (unpaired) electrons. The van der Waals surface area contributed by atoms with Gasteiger partial charge in [0.25, 0.3) is 0 Å². The van der Waals surface area contributed by atoms with Crippen LogP contribution in [-0.2, 0) is 16.1 Å². The Morgan fingerprint density at radius 2 is 2.20 bits per heavy atom. The maximum atomic E-state index is 12.1. The zero-order valence-corrected chi connectivity index (χ0v) is 11.2. The molecule has 1 heterocycles. The number of hydrogen-bond acceptors (Lipinski definition) is 4. The molecule has 1 aromatic rings. The summed E-state index contributed by atoms with van der Waals surface area (Å²) in [6, 6.07) is -0.991. The Balaban J connectivity index is 1.92. The van der Waals surface area contributed by atoms with E-state index in [4.69, 9.17) is 0 Å². The highest BCUT2D eigenvalue weighted by atomic mass is 16.4. The molecule has 1 unspecified atom stereocenters. The third-order valence-corrected chi connectivity index (χ3v) is 3.51. The molecule has 1 aromatic heterocycles. The summed E-state index contributed by atoms with van der Waals surface area (Å²) in [5.74, 6) is -1.41. The van der Waals surface area contributed by atoms with Gasteiger partial charge in [-0.25, -0.2) is 9.78 Å². The van der Waals surface area contributed by atoms with Crippen molar-refractivity contribution >= 4 is 11.9 Å². The van der Waals surface area contributed by atoms with Crippen molar-refractivity contribution in [2.45, 2.75) is 38.3 Å². The summed E-state index contributed by atoms with van der Waals surface area (Å²) < 4.78 is 1.39. The number of amides is 1. The van der Waals surface area contributed by atoms with Crippen molar-refractivity contribution in [3.05, 3.63) is 24.8 Å². The molecular weight excluding hydrogens is 260 g/mol. The predicted molar refractivity (Wildman–Crippen MR) is 70.7 cm³/mol. The fourth-order valence-electron chi connectivity index (χ4n) is 2.28. The largest absolute Gasteiger partial charge is 0.480 e. The maximum Gasteiger partial charge on any atom is 0.328 e. The van der Waals surface area contributed by atoms with Gasteiger partial charge in [0.05, 0.1) is 6.54 Å². The van der Waals surface area contributed by atoms with Crippen LogP contribution in [0.5, 0.6) is 0 Å². The van der Waals surface area contributed by atoms with Crippen molar-refractivity contribution < 1.29 is 14.7 Å². The smallest absolute Gasteiger partial charge is 0.328 e. The van der Waals surface area contributed by atoms with Gasteiger partial charge in [-0.3, -0.25) is 9.48 Å². The number of aromatic nitrogens is 3. The Kier molecular flexibility index (Phi) is 4.49. The Morgan fingerprint density at radius 1 is 1.50 bits per heavy atom. The first-order chi connectivity index (χ1) is 9.56. The first-order valence-corrected chi connectivity index (χ1v) is 6.58. The number of nitrogens with zero attached hydrogens (tertiary/aromatic N) is 3. The normalized spacial score (nSPS) is 17.7. The molecule has 1 atom stereocenters. The molecule has 0 spiro atoms. The number of aliphatic carboxylic acids is 1. The Morgan fingerprint density at radius 3 is 2.75 bits per heavy atom. The minimum atomic E-state index is -1.07. The van der Waals surface area contributed by atoms with Gasteiger partial charge in [0.2, 0.25) is 5.91 Å². The molecule has 0 saturated heterocycles. The molecule has 2 N–H and O–H groups in total. The molecule has 7 nitrogen and oxygen atoms in total. The van der Waals surface area contributed by atoms with Gasteiger partial charge in [0.15, 0.2) is 0 Å². The minimum absolute atomic E-state index is 0.0699. The van der Waals surface area contributed by atoms with E-state index in [2.05, 4.69) is 22.0 Å². The summed E-state index contributed by atoms with van der Waals surface area (Å²) in [6.07, 6.45) is 5.89. The van der Waals surface area contributed by atoms with E-state index in [0.717, 1.165) is 31.3 Å². The summed E-state index contributed by atoms with van der Waals surface area (Å²) in [5, 5.41) is 15.6. The third-order valence-electron chi connectivity index (χ3n) is 3.51. The van der Waals surface area contributed by atoms with Gasteiger partial charge in [0, 0.05) is 5.92 Å². The van der Waals surface area contributed by atoms with Crippen LogP contribution in [0.2, 0.25) is 0 Å². The fraction of sp³-hybridized carbons (Fsp3) is 0.538. The standard InChI is InChI=1S/C13H18N4O3/c1-9-2-4-10(5-3-9)12(18)16-11(13(19)20)6-17-8-14-7-15-17/h7-8,10-11H,1-6H2,(H,16,18)(H,19,20). The van der Waals surface area contributed by atoms with Crippen LogP contribution < -0.4 is 5.32 Å². The van der Waals surface area contributed by atoms with Crippen LogP contribution in [-0.4, -0.2) is 37.8 Å². The highest BCUT2D eigenvalue weighted by Crippen LogP contribution is 2.27. The van der Waals surface area contributed by atoms with Crippen molar-refractivity contribution in [2.75, 3.05) is 0 Å². The van der Waals surface area contributed by atoms with Crippen LogP contribution in [0.15, 0.2) is 24.8 Å². The van der Waals surface area contributed by atoms with E-state index >= 15 is 0 Å². The molecule has 108 valence electrons. The second-order valence-electron chi connectivity index (χ2n) is 5.04. The van der Waals surface area contributed by atoms with Gasteiger partial charge in [-0.1, -0.05) is 12.2 Å². The summed E-state index contributed by atoms with van der Waals surface area (Å²) in [5.41, 5.74) is 1.16. The zero-order chi connectivity index (χ0) is 14.5. The van der Waals surface area contributed by atoms with Crippen LogP contribution in [0, 0.1) is 5.92 Å². The second kappa shape index (κ2) is 6.31. The summed E-state index contributed by atoms with van der Waals surface area (Å²) in [4.78, 5) is 27.1. The van der Waals surface area contributed by atoms with E-state index < -0.39 is 12.0 Å². The molecule has 0 aromatic carbocycles. The molecule has 0 aliphatic heterocycles. The van der Waals surface area contributed by atoms with Crippen LogP contribution in [0.4, 0.5) is 0 Å². The first-order valence-electron chi connectivity index (χ1n) is 6.58. The molecule has 2 rings (SSSR count). The predicted octanol–water partition coefficient (Wildman–Crippen LogP) is 0.594. The highest BCUT2D eigenvalue weighted by molar-refractivity contribution is 5.85. The molecule has 1 aliphatic rings. The Labute approximate surface area is 116 Å². The van der Waals surface area contributed by atoms with Crippen molar-refractivity contribution in [1.82, 2.24) is 20.1 Å². The number of carbonyl (C=O) groups is 2. The van der Waals surface area contributed by atoms with Gasteiger partial charge in [-0.2, -0.15) is 5.10 Å². The SMILES string of the molecule is C=C1CCC(C(=O)NC(Cn2cncn2)C(=O)O)CC1. The molecular formula is C13H18N4O3. The number of nitrogens with one attached hydrogen (secondary N) is 1. The van der Waals surface area contributed by atoms with Crippen LogP contribution >= 0.6 is 0 Å². The first kappa shape index (κ1) is 14.2. The Hall–Kier alpha value is -2.18. The average molecular weight is 278 g/mol. The van der Waals surface area contributed by atoms with Gasteiger partial charge < -0.3 is 10.4 Å². The lowest BCUT2D eigenvalue weighted by Crippen LogP contribution is -2.46. The lowest BCUT2D eigenvalue weighted by molar-refractivity contribution is -0.143. The maximum absolute atomic E-state index is 12.1. The fourth-order valence-corrected chi connectivity index (χ4v) is 2.28. The van der Waals surface area contributed by atoms with Gasteiger partial charge in [0.1, 0.15) is 18.7 Å². The van der Waals surface area contributed by atoms with Gasteiger partial charge in [-0.15, -0.1) is 0 Å². The number of carboxylic acids is 1. The van der Waals surface area contributed by atoms with Crippen molar-refractivity contribution in [2.24, 2.45) is 5.92 Å². The summed E-state index contributed by atoms with van der Waals surface area (Å²) in [7, 11) is 0. The van der Waals surface area contributed by atoms with Crippen LogP contribution in [0.25, 0.3) is 0 Å². The zero-order valence-electron chi connectivity index (χ0n) is 11.2. The molecule has 0 bridgehead atoms. The quantitative estimate of drug-likeness (QED) is 0.768. The molecule has 1 aliphatic carbocycles. The average Bonchev–Trinajstić information content (AvgIpc) is 2.91. The lowest BCUT2D eigenvalue weighted by atomic mass is 9.86. The number of carbonyl (C=O) groups excluding carboxylic acids is 1. The van der Waals surface area contributed by atoms with E-state index in [0.29, 0.717) is 0 Å². The van der Waals surface area contributed by atoms with Gasteiger partial charge >= 0.3 is 5.97 Å². The second-order valence-corrected chi connectivity index (χ2v) is 5.04. The highest BCUT2D eigenvalue weighted by Gasteiger charge is 2.27. The van der Waals surface area contributed by atoms with Crippen LogP contribution in [0.1, 0.15) is 25.7 Å². The monoisotopic (exact) mass is 278 g/mol. The minimum Gasteiger partial charge on any atom is -0.480 e. The topological polar surface area (TPSA) is 97.1 Å². The van der Waals surface area contributed by atoms with Crippen molar-refractivity contribution in [3.8, 4) is 0 Å². The lowest BCUT2D eigenvalue weighted by Gasteiger charge is -2.24. The summed E-state index contributed by atoms with van der Waals surface area (Å²) in [6.45, 7) is 3.97. The van der Waals surface area contributed by atoms with Crippen molar-refractivity contribution in [1.29, 1.82) is 0 Å². The van der Waals surface area contributed by atoms with Crippen LogP contribution in [0.3, 0.4) is 0 Å². The number of rotatable bonds is 5. The van der Waals surface area contributed by atoms with Crippen molar-refractivity contribution in [3.63, 3.8) is 0 Å². The molecule has 1 fully saturated rings. The molecule has 20 heavy (non-hydrogen) atoms. The van der Waals surface area contributed by atoms with E-state index in [1.807, 2.05) is 0 Å².